The number of carbonyl (C=O) groups is 1. The van der Waals surface area contributed by atoms with E-state index in [1.807, 2.05) is 0 Å². The first-order chi connectivity index (χ1) is 7.77. The van der Waals surface area contributed by atoms with Gasteiger partial charge in [-0.3, -0.25) is 9.78 Å². The van der Waals surface area contributed by atoms with Gasteiger partial charge in [-0.25, -0.2) is 0 Å². The number of rotatable bonds is 5. The Labute approximate surface area is 93.9 Å². The molecule has 1 fully saturated rings. The van der Waals surface area contributed by atoms with Crippen LogP contribution in [0, 0.1) is 0 Å². The maximum Gasteiger partial charge on any atom is 0.255 e. The number of nitrogens with one attached hydrogen (secondary N) is 2. The van der Waals surface area contributed by atoms with Crippen LogP contribution in [0.5, 0.6) is 5.75 Å². The minimum Gasteiger partial charge on any atom is -0.505 e. The van der Waals surface area contributed by atoms with Gasteiger partial charge in [-0.1, -0.05) is 0 Å². The summed E-state index contributed by atoms with van der Waals surface area (Å²) in [6, 6.07) is 2.14. The van der Waals surface area contributed by atoms with Crippen LogP contribution in [0.15, 0.2) is 18.5 Å². The van der Waals surface area contributed by atoms with E-state index in [0.717, 1.165) is 6.54 Å². The lowest BCUT2D eigenvalue weighted by Crippen LogP contribution is -2.32. The number of aromatic nitrogens is 1. The number of aromatic hydroxyl groups is 1. The molecule has 1 heterocycles. The summed E-state index contributed by atoms with van der Waals surface area (Å²) in [5.74, 6) is -0.354. The van der Waals surface area contributed by atoms with Crippen LogP contribution in [0.3, 0.4) is 0 Å². The van der Waals surface area contributed by atoms with E-state index in [4.69, 9.17) is 0 Å². The van der Waals surface area contributed by atoms with Gasteiger partial charge in [0.05, 0.1) is 11.8 Å². The predicted octanol–water partition coefficient (Wildman–Crippen LogP) is 0.269. The average molecular weight is 221 g/mol. The highest BCUT2D eigenvalue weighted by atomic mass is 16.3. The third-order valence-corrected chi connectivity index (χ3v) is 2.47. The van der Waals surface area contributed by atoms with Crippen molar-refractivity contribution in [1.82, 2.24) is 15.6 Å². The van der Waals surface area contributed by atoms with Crippen LogP contribution in [0.2, 0.25) is 0 Å². The van der Waals surface area contributed by atoms with E-state index >= 15 is 0 Å². The van der Waals surface area contributed by atoms with Crippen LogP contribution in [0.4, 0.5) is 0 Å². The van der Waals surface area contributed by atoms with Gasteiger partial charge in [0.25, 0.3) is 5.91 Å². The fraction of sp³-hybridized carbons (Fsp3) is 0.455. The van der Waals surface area contributed by atoms with Gasteiger partial charge in [0.2, 0.25) is 0 Å². The fourth-order valence-electron chi connectivity index (χ4n) is 1.41. The van der Waals surface area contributed by atoms with Crippen LogP contribution in [0.25, 0.3) is 0 Å². The number of amides is 1. The zero-order valence-electron chi connectivity index (χ0n) is 8.94. The molecule has 0 unspecified atom stereocenters. The number of pyridine rings is 1. The second kappa shape index (κ2) is 4.94. The molecule has 16 heavy (non-hydrogen) atoms. The highest BCUT2D eigenvalue weighted by Gasteiger charge is 2.19. The molecule has 1 aliphatic rings. The third kappa shape index (κ3) is 2.93. The van der Waals surface area contributed by atoms with Crippen molar-refractivity contribution in [2.45, 2.75) is 18.9 Å². The molecule has 2 rings (SSSR count). The van der Waals surface area contributed by atoms with Crippen molar-refractivity contribution < 1.29 is 9.90 Å². The molecule has 1 aromatic rings. The van der Waals surface area contributed by atoms with Crippen LogP contribution in [0.1, 0.15) is 23.2 Å². The molecule has 0 aliphatic heterocycles. The van der Waals surface area contributed by atoms with Crippen molar-refractivity contribution in [3.05, 3.63) is 24.0 Å². The zero-order valence-corrected chi connectivity index (χ0v) is 8.94. The Morgan fingerprint density at radius 1 is 1.50 bits per heavy atom. The summed E-state index contributed by atoms with van der Waals surface area (Å²) in [6.07, 6.45) is 5.21. The lowest BCUT2D eigenvalue weighted by molar-refractivity contribution is 0.0951. The van der Waals surface area contributed by atoms with E-state index in [9.17, 15) is 9.90 Å². The highest BCUT2D eigenvalue weighted by Crippen LogP contribution is 2.17. The lowest BCUT2D eigenvalue weighted by Gasteiger charge is -2.06. The largest absolute Gasteiger partial charge is 0.505 e. The standard InChI is InChI=1S/C11H15N3O2/c15-10-7-12-4-3-9(10)11(16)14-6-5-13-8-1-2-8/h3-4,7-8,13,15H,1-2,5-6H2,(H,14,16). The molecule has 0 bridgehead atoms. The summed E-state index contributed by atoms with van der Waals surface area (Å²) in [5, 5.41) is 15.4. The van der Waals surface area contributed by atoms with E-state index in [2.05, 4.69) is 15.6 Å². The first-order valence-electron chi connectivity index (χ1n) is 5.42. The van der Waals surface area contributed by atoms with E-state index in [1.54, 1.807) is 0 Å². The van der Waals surface area contributed by atoms with Gasteiger partial charge in [-0.2, -0.15) is 0 Å². The quantitative estimate of drug-likeness (QED) is 0.624. The van der Waals surface area contributed by atoms with Gasteiger partial charge in [-0.05, 0) is 18.9 Å². The summed E-state index contributed by atoms with van der Waals surface area (Å²) >= 11 is 0. The van der Waals surface area contributed by atoms with Crippen molar-refractivity contribution in [1.29, 1.82) is 0 Å². The molecule has 1 aliphatic carbocycles. The molecule has 1 amide bonds. The second-order valence-electron chi connectivity index (χ2n) is 3.88. The number of hydrogen-bond acceptors (Lipinski definition) is 4. The first kappa shape index (κ1) is 10.9. The predicted molar refractivity (Wildman–Crippen MR) is 59.3 cm³/mol. The van der Waals surface area contributed by atoms with E-state index in [1.165, 1.54) is 31.3 Å². The second-order valence-corrected chi connectivity index (χ2v) is 3.88. The smallest absolute Gasteiger partial charge is 0.255 e. The maximum atomic E-state index is 11.6. The fourth-order valence-corrected chi connectivity index (χ4v) is 1.41. The molecule has 0 saturated heterocycles. The van der Waals surface area contributed by atoms with Crippen molar-refractivity contribution in [3.8, 4) is 5.75 Å². The highest BCUT2D eigenvalue weighted by molar-refractivity contribution is 5.96. The third-order valence-electron chi connectivity index (χ3n) is 2.47. The minimum atomic E-state index is -0.266. The summed E-state index contributed by atoms with van der Waals surface area (Å²) in [4.78, 5) is 15.3. The van der Waals surface area contributed by atoms with Gasteiger partial charge < -0.3 is 15.7 Å². The molecule has 0 radical (unpaired) electrons. The number of carbonyl (C=O) groups excluding carboxylic acids is 1. The first-order valence-corrected chi connectivity index (χ1v) is 5.42. The van der Waals surface area contributed by atoms with Crippen molar-refractivity contribution in [3.63, 3.8) is 0 Å². The van der Waals surface area contributed by atoms with Crippen molar-refractivity contribution >= 4 is 5.91 Å². The van der Waals surface area contributed by atoms with Crippen LogP contribution in [-0.2, 0) is 0 Å². The van der Waals surface area contributed by atoms with E-state index in [0.29, 0.717) is 12.6 Å². The van der Waals surface area contributed by atoms with Gasteiger partial charge >= 0.3 is 0 Å². The Bertz CT molecular complexity index is 377. The molecule has 1 aromatic heterocycles. The molecule has 5 heteroatoms. The molecule has 1 saturated carbocycles. The lowest BCUT2D eigenvalue weighted by atomic mass is 10.2. The molecule has 3 N–H and O–H groups in total. The Hall–Kier alpha value is -1.62. The van der Waals surface area contributed by atoms with Gasteiger partial charge in [0.1, 0.15) is 5.75 Å². The Balaban J connectivity index is 1.76. The Morgan fingerprint density at radius 2 is 2.31 bits per heavy atom. The van der Waals surface area contributed by atoms with Crippen LogP contribution in [-0.4, -0.2) is 35.1 Å². The Morgan fingerprint density at radius 3 is 3.00 bits per heavy atom. The van der Waals surface area contributed by atoms with Crippen LogP contribution >= 0.6 is 0 Å². The summed E-state index contributed by atoms with van der Waals surface area (Å²) < 4.78 is 0. The van der Waals surface area contributed by atoms with Gasteiger partial charge in [-0.15, -0.1) is 0 Å². The monoisotopic (exact) mass is 221 g/mol. The van der Waals surface area contributed by atoms with Crippen molar-refractivity contribution in [2.75, 3.05) is 13.1 Å². The SMILES string of the molecule is O=C(NCCNC1CC1)c1ccncc1O. The molecule has 0 spiro atoms. The van der Waals surface area contributed by atoms with Crippen molar-refractivity contribution in [2.24, 2.45) is 0 Å². The average Bonchev–Trinajstić information content (AvgIpc) is 3.08. The van der Waals surface area contributed by atoms with Gasteiger partial charge in [0.15, 0.2) is 0 Å². The summed E-state index contributed by atoms with van der Waals surface area (Å²) in [6.45, 7) is 1.33. The Kier molecular flexibility index (Phi) is 3.36. The number of hydrogen-bond donors (Lipinski definition) is 3. The summed E-state index contributed by atoms with van der Waals surface area (Å²) in [5.41, 5.74) is 0.265. The molecule has 0 aromatic carbocycles. The minimum absolute atomic E-state index is 0.0878. The van der Waals surface area contributed by atoms with E-state index in [-0.39, 0.29) is 17.2 Å². The zero-order chi connectivity index (χ0) is 11.4. The normalized spacial score (nSPS) is 14.8. The van der Waals surface area contributed by atoms with E-state index < -0.39 is 0 Å². The molecule has 86 valence electrons. The summed E-state index contributed by atoms with van der Waals surface area (Å²) in [7, 11) is 0. The topological polar surface area (TPSA) is 74.2 Å². The van der Waals surface area contributed by atoms with Gasteiger partial charge in [0, 0.05) is 25.3 Å². The number of nitrogens with zero attached hydrogens (tertiary/aromatic N) is 1. The molecular weight excluding hydrogens is 206 g/mol. The molecule has 5 nitrogen and oxygen atoms in total. The van der Waals surface area contributed by atoms with Crippen LogP contribution < -0.4 is 10.6 Å². The molecular formula is C11H15N3O2. The molecule has 0 atom stereocenters. The maximum absolute atomic E-state index is 11.6.